The molecular formula is C13H19F3N4O2. The summed E-state index contributed by atoms with van der Waals surface area (Å²) in [5.74, 6) is 0.293. The average molecular weight is 320 g/mol. The third-order valence-corrected chi connectivity index (χ3v) is 3.67. The molecule has 1 aromatic heterocycles. The van der Waals surface area contributed by atoms with Crippen LogP contribution < -0.4 is 10.6 Å². The third kappa shape index (κ3) is 5.21. The van der Waals surface area contributed by atoms with Crippen molar-refractivity contribution in [1.29, 1.82) is 0 Å². The molecular weight excluding hydrogens is 301 g/mol. The maximum absolute atomic E-state index is 12.2. The number of rotatable bonds is 4. The van der Waals surface area contributed by atoms with Gasteiger partial charge >= 0.3 is 12.2 Å². The van der Waals surface area contributed by atoms with Gasteiger partial charge in [-0.2, -0.15) is 18.3 Å². The predicted molar refractivity (Wildman–Crippen MR) is 73.3 cm³/mol. The van der Waals surface area contributed by atoms with Crippen molar-refractivity contribution in [1.82, 2.24) is 15.1 Å². The lowest BCUT2D eigenvalue weighted by atomic mass is 9.87. The molecule has 0 aromatic carbocycles. The highest BCUT2D eigenvalue weighted by Crippen LogP contribution is 2.23. The number of halogens is 3. The summed E-state index contributed by atoms with van der Waals surface area (Å²) in [6.07, 6.45) is 1.23. The first kappa shape index (κ1) is 16.6. The number of aromatic nitrogens is 2. The fourth-order valence-electron chi connectivity index (χ4n) is 2.54. The highest BCUT2D eigenvalue weighted by Gasteiger charge is 2.28. The van der Waals surface area contributed by atoms with Gasteiger partial charge in [-0.15, -0.1) is 0 Å². The van der Waals surface area contributed by atoms with Gasteiger partial charge in [-0.3, -0.25) is 4.68 Å². The topological polar surface area (TPSA) is 79.2 Å². The van der Waals surface area contributed by atoms with Crippen molar-refractivity contribution in [3.05, 3.63) is 12.4 Å². The normalized spacial score (nSPS) is 22.4. The zero-order valence-electron chi connectivity index (χ0n) is 11.9. The fraction of sp³-hybridized carbons (Fsp3) is 0.692. The third-order valence-electron chi connectivity index (χ3n) is 3.67. The van der Waals surface area contributed by atoms with Gasteiger partial charge in [0.1, 0.15) is 6.54 Å². The molecule has 1 heterocycles. The van der Waals surface area contributed by atoms with Crippen LogP contribution in [0, 0.1) is 5.92 Å². The van der Waals surface area contributed by atoms with Crippen LogP contribution in [0.4, 0.5) is 23.7 Å². The first-order valence-electron chi connectivity index (χ1n) is 7.13. The lowest BCUT2D eigenvalue weighted by Crippen LogP contribution is -2.40. The number of carbonyl (C=O) groups is 1. The molecule has 6 nitrogen and oxygen atoms in total. The van der Waals surface area contributed by atoms with Crippen molar-refractivity contribution in [2.75, 3.05) is 11.9 Å². The van der Waals surface area contributed by atoms with Crippen molar-refractivity contribution in [3.8, 4) is 0 Å². The van der Waals surface area contributed by atoms with Gasteiger partial charge in [0.2, 0.25) is 0 Å². The van der Waals surface area contributed by atoms with E-state index in [9.17, 15) is 18.0 Å². The summed E-state index contributed by atoms with van der Waals surface area (Å²) in [5, 5.41) is 17.8. The zero-order valence-corrected chi connectivity index (χ0v) is 11.9. The summed E-state index contributed by atoms with van der Waals surface area (Å²) in [6, 6.07) is -0.438. The number of urea groups is 1. The number of anilines is 1. The van der Waals surface area contributed by atoms with E-state index in [-0.39, 0.29) is 18.3 Å². The number of hydrogen-bond acceptors (Lipinski definition) is 3. The first-order valence-corrected chi connectivity index (χ1v) is 7.13. The lowest BCUT2D eigenvalue weighted by Gasteiger charge is -2.27. The summed E-state index contributed by atoms with van der Waals surface area (Å²) in [5.41, 5.74) is 0.214. The molecule has 0 radical (unpaired) electrons. The minimum absolute atomic E-state index is 0.0213. The van der Waals surface area contributed by atoms with Crippen LogP contribution in [0.25, 0.3) is 0 Å². The molecule has 1 aliphatic rings. The Morgan fingerprint density at radius 3 is 2.64 bits per heavy atom. The number of nitrogens with one attached hydrogen (secondary N) is 2. The molecule has 0 atom stereocenters. The van der Waals surface area contributed by atoms with Gasteiger partial charge in [0, 0.05) is 18.8 Å². The number of aliphatic hydroxyl groups is 1. The minimum atomic E-state index is -4.35. The number of hydrogen-bond donors (Lipinski definition) is 3. The van der Waals surface area contributed by atoms with Gasteiger partial charge in [-0.05, 0) is 31.6 Å². The van der Waals surface area contributed by atoms with E-state index in [4.69, 9.17) is 5.11 Å². The molecule has 124 valence electrons. The maximum Gasteiger partial charge on any atom is 0.408 e. The van der Waals surface area contributed by atoms with E-state index in [1.165, 1.54) is 6.20 Å². The maximum atomic E-state index is 12.2. The second-order valence-corrected chi connectivity index (χ2v) is 5.54. The van der Waals surface area contributed by atoms with Crippen molar-refractivity contribution in [2.24, 2.45) is 5.92 Å². The number of aliphatic hydroxyl groups excluding tert-OH is 1. The van der Waals surface area contributed by atoms with Gasteiger partial charge in [0.15, 0.2) is 0 Å². The monoisotopic (exact) mass is 320 g/mol. The van der Waals surface area contributed by atoms with Crippen molar-refractivity contribution in [3.63, 3.8) is 0 Å². The Balaban J connectivity index is 1.78. The summed E-state index contributed by atoms with van der Waals surface area (Å²) in [7, 11) is 0. The Hall–Kier alpha value is -1.77. The van der Waals surface area contributed by atoms with Crippen molar-refractivity contribution < 1.29 is 23.1 Å². The van der Waals surface area contributed by atoms with E-state index in [1.54, 1.807) is 0 Å². The predicted octanol–water partition coefficient (Wildman–Crippen LogP) is 2.12. The molecule has 1 fully saturated rings. The highest BCUT2D eigenvalue weighted by molar-refractivity contribution is 5.89. The molecule has 3 N–H and O–H groups in total. The highest BCUT2D eigenvalue weighted by atomic mass is 19.4. The van der Waals surface area contributed by atoms with E-state index in [1.807, 2.05) is 0 Å². The van der Waals surface area contributed by atoms with Crippen LogP contribution in [0.15, 0.2) is 12.4 Å². The van der Waals surface area contributed by atoms with Gasteiger partial charge in [0.05, 0.1) is 11.9 Å². The molecule has 2 amide bonds. The first-order chi connectivity index (χ1) is 10.4. The van der Waals surface area contributed by atoms with Crippen molar-refractivity contribution in [2.45, 2.75) is 44.4 Å². The number of carbonyl (C=O) groups excluding carboxylic acids is 1. The van der Waals surface area contributed by atoms with Crippen molar-refractivity contribution >= 4 is 11.7 Å². The Morgan fingerprint density at radius 2 is 2.05 bits per heavy atom. The van der Waals surface area contributed by atoms with E-state index < -0.39 is 18.8 Å². The SMILES string of the molecule is O=C(Nc1cnn(CC(F)(F)F)c1)NC1CCC(CO)CC1. The van der Waals surface area contributed by atoms with E-state index >= 15 is 0 Å². The van der Waals surface area contributed by atoms with Crippen LogP contribution in [0.1, 0.15) is 25.7 Å². The largest absolute Gasteiger partial charge is 0.408 e. The molecule has 0 saturated heterocycles. The summed E-state index contributed by atoms with van der Waals surface area (Å²) < 4.78 is 37.3. The van der Waals surface area contributed by atoms with Gasteiger partial charge in [-0.25, -0.2) is 4.79 Å². The second-order valence-electron chi connectivity index (χ2n) is 5.54. The van der Waals surface area contributed by atoms with E-state index in [0.717, 1.165) is 36.6 Å². The molecule has 2 rings (SSSR count). The fourth-order valence-corrected chi connectivity index (χ4v) is 2.54. The zero-order chi connectivity index (χ0) is 16.2. The lowest BCUT2D eigenvalue weighted by molar-refractivity contribution is -0.142. The number of alkyl halides is 3. The van der Waals surface area contributed by atoms with E-state index in [2.05, 4.69) is 15.7 Å². The van der Waals surface area contributed by atoms with Crippen LogP contribution in [0.5, 0.6) is 0 Å². The van der Waals surface area contributed by atoms with Crippen LogP contribution in [0.2, 0.25) is 0 Å². The average Bonchev–Trinajstić information content (AvgIpc) is 2.84. The molecule has 0 aliphatic heterocycles. The molecule has 9 heteroatoms. The smallest absolute Gasteiger partial charge is 0.396 e. The van der Waals surface area contributed by atoms with Gasteiger partial charge < -0.3 is 15.7 Å². The van der Waals surface area contributed by atoms with Crippen LogP contribution in [0.3, 0.4) is 0 Å². The Morgan fingerprint density at radius 1 is 1.36 bits per heavy atom. The molecule has 0 bridgehead atoms. The van der Waals surface area contributed by atoms with Crippen LogP contribution in [-0.2, 0) is 6.54 Å². The molecule has 22 heavy (non-hydrogen) atoms. The molecule has 1 aliphatic carbocycles. The Labute approximate surface area is 125 Å². The Bertz CT molecular complexity index is 496. The minimum Gasteiger partial charge on any atom is -0.396 e. The number of amides is 2. The van der Waals surface area contributed by atoms with Gasteiger partial charge in [-0.1, -0.05) is 0 Å². The molecule has 1 saturated carbocycles. The quantitative estimate of drug-likeness (QED) is 0.795. The summed E-state index contributed by atoms with van der Waals surface area (Å²) >= 11 is 0. The van der Waals surface area contributed by atoms with Gasteiger partial charge in [0.25, 0.3) is 0 Å². The molecule has 1 aromatic rings. The number of nitrogens with zero attached hydrogens (tertiary/aromatic N) is 2. The Kier molecular flexibility index (Phi) is 5.28. The second kappa shape index (κ2) is 6.99. The molecule has 0 spiro atoms. The van der Waals surface area contributed by atoms with Crippen LogP contribution >= 0.6 is 0 Å². The molecule has 0 unspecified atom stereocenters. The van der Waals surface area contributed by atoms with Crippen LogP contribution in [-0.4, -0.2) is 39.7 Å². The summed E-state index contributed by atoms with van der Waals surface area (Å²) in [4.78, 5) is 11.8. The van der Waals surface area contributed by atoms with E-state index in [0.29, 0.717) is 5.92 Å². The standard InChI is InChI=1S/C13H19F3N4O2/c14-13(15,16)8-20-6-11(5-17-20)19-12(22)18-10-3-1-9(7-21)2-4-10/h5-6,9-10,21H,1-4,7-8H2,(H2,18,19,22). The summed E-state index contributed by atoms with van der Waals surface area (Å²) in [6.45, 7) is -1.03.